The SMILES string of the molecule is CC1(C)CC(=O)C2=C(C1)NC1CCC3NCCCC3C1C2C1CCC(O)C(O)C1. The van der Waals surface area contributed by atoms with Crippen molar-refractivity contribution in [3.05, 3.63) is 11.3 Å². The van der Waals surface area contributed by atoms with Gasteiger partial charge in [-0.2, -0.15) is 0 Å². The lowest BCUT2D eigenvalue weighted by Gasteiger charge is -2.56. The number of Topliss-reactive ketones (excluding diaryl/α,β-unsaturated/α-hetero) is 1. The zero-order valence-electron chi connectivity index (χ0n) is 18.0. The number of piperidine rings is 1. The van der Waals surface area contributed by atoms with Gasteiger partial charge in [-0.25, -0.2) is 0 Å². The average molecular weight is 403 g/mol. The first kappa shape index (κ1) is 20.0. The third-order valence-electron chi connectivity index (χ3n) is 8.74. The van der Waals surface area contributed by atoms with E-state index in [0.29, 0.717) is 54.9 Å². The molecule has 8 unspecified atom stereocenters. The number of hydrogen-bond acceptors (Lipinski definition) is 5. The minimum Gasteiger partial charge on any atom is -0.390 e. The van der Waals surface area contributed by atoms with E-state index in [1.807, 2.05) is 0 Å². The van der Waals surface area contributed by atoms with Gasteiger partial charge in [-0.05, 0) is 87.0 Å². The number of hydrogen-bond donors (Lipinski definition) is 4. The molecule has 5 nitrogen and oxygen atoms in total. The molecule has 2 saturated carbocycles. The van der Waals surface area contributed by atoms with Gasteiger partial charge in [0.15, 0.2) is 5.78 Å². The molecule has 162 valence electrons. The van der Waals surface area contributed by atoms with Gasteiger partial charge in [0.1, 0.15) is 0 Å². The lowest BCUT2D eigenvalue weighted by Crippen LogP contribution is -2.61. The molecule has 0 bridgehead atoms. The van der Waals surface area contributed by atoms with Crippen LogP contribution in [0.1, 0.15) is 71.6 Å². The lowest BCUT2D eigenvalue weighted by atomic mass is 9.54. The van der Waals surface area contributed by atoms with Gasteiger partial charge in [0.2, 0.25) is 0 Å². The summed E-state index contributed by atoms with van der Waals surface area (Å²) in [4.78, 5) is 13.5. The van der Waals surface area contributed by atoms with E-state index in [2.05, 4.69) is 24.5 Å². The van der Waals surface area contributed by atoms with Crippen LogP contribution in [0.15, 0.2) is 11.3 Å². The van der Waals surface area contributed by atoms with Crippen LogP contribution < -0.4 is 10.6 Å². The highest BCUT2D eigenvalue weighted by Crippen LogP contribution is 2.53. The Labute approximate surface area is 174 Å². The van der Waals surface area contributed by atoms with Crippen molar-refractivity contribution in [1.29, 1.82) is 0 Å². The van der Waals surface area contributed by atoms with Gasteiger partial charge in [-0.15, -0.1) is 0 Å². The number of rotatable bonds is 1. The smallest absolute Gasteiger partial charge is 0.161 e. The molecule has 0 spiro atoms. The molecule has 0 aromatic rings. The van der Waals surface area contributed by atoms with E-state index in [9.17, 15) is 15.0 Å². The number of aliphatic hydroxyl groups is 2. The summed E-state index contributed by atoms with van der Waals surface area (Å²) in [6.07, 6.45) is 7.39. The Morgan fingerprint density at radius 1 is 0.966 bits per heavy atom. The van der Waals surface area contributed by atoms with Gasteiger partial charge < -0.3 is 20.8 Å². The molecule has 3 aliphatic carbocycles. The molecule has 0 aromatic heterocycles. The maximum atomic E-state index is 13.5. The van der Waals surface area contributed by atoms with Gasteiger partial charge in [0, 0.05) is 29.8 Å². The standard InChI is InChI=1S/C24H38N2O3/c1-24(2)11-17-23(20(29)12-24)21(13-5-8-18(27)19(28)10-13)22-14-4-3-9-25-15(14)6-7-16(22)26-17/h13-16,18-19,21-22,25-28H,3-12H2,1-2H3. The van der Waals surface area contributed by atoms with Gasteiger partial charge >= 0.3 is 0 Å². The summed E-state index contributed by atoms with van der Waals surface area (Å²) in [6, 6.07) is 1.02. The maximum absolute atomic E-state index is 13.5. The normalized spacial score (nSPS) is 47.0. The summed E-state index contributed by atoms with van der Waals surface area (Å²) in [5, 5.41) is 28.2. The fourth-order valence-electron chi connectivity index (χ4n) is 7.59. The maximum Gasteiger partial charge on any atom is 0.161 e. The molecule has 8 atom stereocenters. The van der Waals surface area contributed by atoms with Crippen molar-refractivity contribution in [2.24, 2.45) is 29.1 Å². The molecule has 5 aliphatic rings. The summed E-state index contributed by atoms with van der Waals surface area (Å²) in [5.74, 6) is 1.96. The Kier molecular flexibility index (Phi) is 5.07. The fourth-order valence-corrected chi connectivity index (χ4v) is 7.59. The molecule has 2 aliphatic heterocycles. The number of nitrogens with one attached hydrogen (secondary N) is 2. The molecule has 3 fully saturated rings. The second-order valence-corrected chi connectivity index (χ2v) is 11.3. The molecule has 0 aromatic carbocycles. The minimum absolute atomic E-state index is 0.0200. The Morgan fingerprint density at radius 3 is 2.55 bits per heavy atom. The second-order valence-electron chi connectivity index (χ2n) is 11.3. The van der Waals surface area contributed by atoms with Crippen molar-refractivity contribution in [1.82, 2.24) is 10.6 Å². The summed E-state index contributed by atoms with van der Waals surface area (Å²) in [5.41, 5.74) is 2.30. The number of ketones is 1. The number of fused-ring (bicyclic) bond motifs is 3. The van der Waals surface area contributed by atoms with Gasteiger partial charge in [-0.3, -0.25) is 4.79 Å². The van der Waals surface area contributed by atoms with Crippen molar-refractivity contribution in [3.63, 3.8) is 0 Å². The summed E-state index contributed by atoms with van der Waals surface area (Å²) in [6.45, 7) is 5.53. The van der Waals surface area contributed by atoms with Gasteiger partial charge in [0.25, 0.3) is 0 Å². The molecule has 4 N–H and O–H groups in total. The van der Waals surface area contributed by atoms with Gasteiger partial charge in [0.05, 0.1) is 12.2 Å². The monoisotopic (exact) mass is 402 g/mol. The fraction of sp³-hybridized carbons (Fsp3) is 0.875. The zero-order chi connectivity index (χ0) is 20.3. The van der Waals surface area contributed by atoms with Crippen LogP contribution in [0.4, 0.5) is 0 Å². The molecule has 2 heterocycles. The highest BCUT2D eigenvalue weighted by atomic mass is 16.3. The Balaban J connectivity index is 1.56. The Hall–Kier alpha value is -0.910. The molecule has 0 radical (unpaired) electrons. The first-order chi connectivity index (χ1) is 13.8. The van der Waals surface area contributed by atoms with Crippen LogP contribution in [-0.2, 0) is 4.79 Å². The van der Waals surface area contributed by atoms with Crippen molar-refractivity contribution in [2.75, 3.05) is 6.54 Å². The number of carbonyl (C=O) groups excluding carboxylic acids is 1. The van der Waals surface area contributed by atoms with Crippen molar-refractivity contribution in [2.45, 2.75) is 95.9 Å². The largest absolute Gasteiger partial charge is 0.390 e. The molecule has 0 amide bonds. The van der Waals surface area contributed by atoms with Crippen molar-refractivity contribution < 1.29 is 15.0 Å². The van der Waals surface area contributed by atoms with Crippen molar-refractivity contribution in [3.8, 4) is 0 Å². The molecule has 1 saturated heterocycles. The molecule has 5 rings (SSSR count). The average Bonchev–Trinajstić information content (AvgIpc) is 2.67. The number of allylic oxidation sites excluding steroid dienone is 2. The second kappa shape index (κ2) is 7.35. The first-order valence-corrected chi connectivity index (χ1v) is 12.0. The van der Waals surface area contributed by atoms with Crippen LogP contribution in [-0.4, -0.2) is 46.8 Å². The van der Waals surface area contributed by atoms with Gasteiger partial charge in [-0.1, -0.05) is 13.8 Å². The Bertz CT molecular complexity index is 702. The zero-order valence-corrected chi connectivity index (χ0v) is 18.0. The predicted molar refractivity (Wildman–Crippen MR) is 112 cm³/mol. The topological polar surface area (TPSA) is 81.6 Å². The van der Waals surface area contributed by atoms with Crippen LogP contribution in [0.3, 0.4) is 0 Å². The number of aliphatic hydroxyl groups excluding tert-OH is 2. The van der Waals surface area contributed by atoms with Crippen molar-refractivity contribution >= 4 is 5.78 Å². The third kappa shape index (κ3) is 3.47. The quantitative estimate of drug-likeness (QED) is 0.542. The first-order valence-electron chi connectivity index (χ1n) is 12.0. The van der Waals surface area contributed by atoms with E-state index in [0.717, 1.165) is 25.0 Å². The van der Waals surface area contributed by atoms with Crippen LogP contribution >= 0.6 is 0 Å². The van der Waals surface area contributed by atoms with E-state index in [1.165, 1.54) is 31.4 Å². The molecule has 29 heavy (non-hydrogen) atoms. The summed E-state index contributed by atoms with van der Waals surface area (Å²) < 4.78 is 0. The van der Waals surface area contributed by atoms with E-state index in [-0.39, 0.29) is 11.3 Å². The molecular formula is C24H38N2O3. The lowest BCUT2D eigenvalue weighted by molar-refractivity contribution is -0.121. The van der Waals surface area contributed by atoms with E-state index < -0.39 is 12.2 Å². The van der Waals surface area contributed by atoms with E-state index >= 15 is 0 Å². The highest BCUT2D eigenvalue weighted by molar-refractivity contribution is 5.98. The highest BCUT2D eigenvalue weighted by Gasteiger charge is 2.53. The van der Waals surface area contributed by atoms with Crippen LogP contribution in [0.2, 0.25) is 0 Å². The molecular weight excluding hydrogens is 364 g/mol. The molecule has 5 heteroatoms. The predicted octanol–water partition coefficient (Wildman–Crippen LogP) is 2.52. The minimum atomic E-state index is -0.648. The summed E-state index contributed by atoms with van der Waals surface area (Å²) in [7, 11) is 0. The van der Waals surface area contributed by atoms with Crippen LogP contribution in [0, 0.1) is 29.1 Å². The van der Waals surface area contributed by atoms with E-state index in [1.54, 1.807) is 0 Å². The number of carbonyl (C=O) groups is 1. The van der Waals surface area contributed by atoms with E-state index in [4.69, 9.17) is 0 Å². The Morgan fingerprint density at radius 2 is 1.76 bits per heavy atom. The van der Waals surface area contributed by atoms with Crippen LogP contribution in [0.5, 0.6) is 0 Å². The third-order valence-corrected chi connectivity index (χ3v) is 8.74. The van der Waals surface area contributed by atoms with Crippen LogP contribution in [0.25, 0.3) is 0 Å². The summed E-state index contributed by atoms with van der Waals surface area (Å²) >= 11 is 0.